The van der Waals surface area contributed by atoms with E-state index >= 15 is 0 Å². The quantitative estimate of drug-likeness (QED) is 0.421. The largest absolute Gasteiger partial charge is 0.324 e. The predicted molar refractivity (Wildman–Crippen MR) is 121 cm³/mol. The zero-order valence-corrected chi connectivity index (χ0v) is 17.2. The molecule has 30 heavy (non-hydrogen) atoms. The lowest BCUT2D eigenvalue weighted by Crippen LogP contribution is -2.12. The van der Waals surface area contributed by atoms with Crippen LogP contribution < -0.4 is 10.5 Å². The number of benzene rings is 3. The van der Waals surface area contributed by atoms with Crippen LogP contribution in [0.4, 0.5) is 11.6 Å². The Balaban J connectivity index is 1.58. The number of hydrogen-bond acceptors (Lipinski definition) is 6. The normalized spacial score (nSPS) is 11.8. The molecule has 0 radical (unpaired) electrons. The first-order valence-corrected chi connectivity index (χ1v) is 11.5. The van der Waals surface area contributed by atoms with Gasteiger partial charge in [0.05, 0.1) is 10.4 Å². The van der Waals surface area contributed by atoms with E-state index in [9.17, 15) is 8.42 Å². The third-order valence-electron chi connectivity index (χ3n) is 4.72. The summed E-state index contributed by atoms with van der Waals surface area (Å²) in [5, 5.41) is 10.3. The van der Waals surface area contributed by atoms with Crippen molar-refractivity contribution < 1.29 is 8.42 Å². The van der Waals surface area contributed by atoms with Gasteiger partial charge >= 0.3 is 0 Å². The molecule has 0 bridgehead atoms. The molecule has 5 rings (SSSR count). The number of nitrogens with two attached hydrogens (primary N) is 1. The van der Waals surface area contributed by atoms with Crippen LogP contribution in [0.2, 0.25) is 0 Å². The van der Waals surface area contributed by atoms with Gasteiger partial charge in [0.1, 0.15) is 0 Å². The fraction of sp³-hybridized carbons (Fsp3) is 0. The van der Waals surface area contributed by atoms with E-state index in [1.807, 2.05) is 24.3 Å². The third kappa shape index (κ3) is 3.52. The van der Waals surface area contributed by atoms with Gasteiger partial charge in [-0.2, -0.15) is 0 Å². The monoisotopic (exact) mass is 432 g/mol. The zero-order chi connectivity index (χ0) is 20.7. The second kappa shape index (κ2) is 7.17. The number of aromatic nitrogens is 2. The van der Waals surface area contributed by atoms with Gasteiger partial charge in [-0.1, -0.05) is 36.4 Å². The van der Waals surface area contributed by atoms with Crippen molar-refractivity contribution in [2.24, 2.45) is 5.14 Å². The summed E-state index contributed by atoms with van der Waals surface area (Å²) in [4.78, 5) is 10.3. The van der Waals surface area contributed by atoms with E-state index in [-0.39, 0.29) is 4.90 Å². The lowest BCUT2D eigenvalue weighted by atomic mass is 10.1. The molecule has 0 fully saturated rings. The maximum absolute atomic E-state index is 11.6. The maximum Gasteiger partial charge on any atom is 0.238 e. The predicted octanol–water partition coefficient (Wildman–Crippen LogP) is 4.90. The van der Waals surface area contributed by atoms with E-state index in [0.717, 1.165) is 21.0 Å². The van der Waals surface area contributed by atoms with E-state index in [0.29, 0.717) is 11.6 Å². The van der Waals surface area contributed by atoms with Gasteiger partial charge in [-0.3, -0.25) is 0 Å². The molecule has 0 saturated heterocycles. The Labute approximate surface area is 177 Å². The number of thiophene rings is 1. The minimum absolute atomic E-state index is 0.0287. The minimum Gasteiger partial charge on any atom is -0.324 e. The van der Waals surface area contributed by atoms with Crippen LogP contribution in [0.15, 0.2) is 83.9 Å². The molecule has 2 heterocycles. The number of sulfonamides is 1. The van der Waals surface area contributed by atoms with Gasteiger partial charge in [-0.15, -0.1) is 11.3 Å². The Morgan fingerprint density at radius 1 is 0.933 bits per heavy atom. The van der Waals surface area contributed by atoms with Crippen molar-refractivity contribution in [2.45, 2.75) is 4.90 Å². The topological polar surface area (TPSA) is 98.0 Å². The fourth-order valence-electron chi connectivity index (χ4n) is 3.29. The third-order valence-corrected chi connectivity index (χ3v) is 6.78. The highest BCUT2D eigenvalue weighted by atomic mass is 32.2. The summed E-state index contributed by atoms with van der Waals surface area (Å²) in [6, 6.07) is 22.7. The van der Waals surface area contributed by atoms with Crippen LogP contribution in [-0.4, -0.2) is 18.4 Å². The number of hydrogen-bond donors (Lipinski definition) is 2. The smallest absolute Gasteiger partial charge is 0.238 e. The van der Waals surface area contributed by atoms with Gasteiger partial charge in [0.15, 0.2) is 0 Å². The standard InChI is InChI=1S/C22H16N4O2S2/c23-30(27,28)17-8-4-7-16(11-17)25-22-24-13-15-9-10-19-18(21(15)26-22)12-20(29-19)14-5-2-1-3-6-14/h1-13H,(H2,23,27,28)(H,24,25,26). The molecule has 0 atom stereocenters. The number of rotatable bonds is 4. The number of anilines is 2. The highest BCUT2D eigenvalue weighted by Gasteiger charge is 2.11. The molecule has 3 N–H and O–H groups in total. The number of nitrogens with one attached hydrogen (secondary N) is 1. The van der Waals surface area contributed by atoms with Crippen molar-refractivity contribution in [3.63, 3.8) is 0 Å². The lowest BCUT2D eigenvalue weighted by Gasteiger charge is -2.07. The average molecular weight is 433 g/mol. The molecule has 2 aromatic heterocycles. The average Bonchev–Trinajstić information content (AvgIpc) is 3.19. The SMILES string of the molecule is NS(=O)(=O)c1cccc(Nc2ncc3ccc4sc(-c5ccccc5)cc4c3n2)c1. The first kappa shape index (κ1) is 18.7. The molecule has 0 unspecified atom stereocenters. The summed E-state index contributed by atoms with van der Waals surface area (Å²) in [6.45, 7) is 0. The van der Waals surface area contributed by atoms with Gasteiger partial charge in [0, 0.05) is 32.2 Å². The highest BCUT2D eigenvalue weighted by Crippen LogP contribution is 2.36. The summed E-state index contributed by atoms with van der Waals surface area (Å²) in [5.74, 6) is 0.383. The Hall–Kier alpha value is -3.33. The summed E-state index contributed by atoms with van der Waals surface area (Å²) in [7, 11) is -3.78. The van der Waals surface area contributed by atoms with Crippen molar-refractivity contribution in [3.05, 3.63) is 79.0 Å². The van der Waals surface area contributed by atoms with Crippen LogP contribution in [0.3, 0.4) is 0 Å². The molecule has 8 heteroatoms. The summed E-state index contributed by atoms with van der Waals surface area (Å²) >= 11 is 1.72. The first-order chi connectivity index (χ1) is 14.5. The summed E-state index contributed by atoms with van der Waals surface area (Å²) in [6.07, 6.45) is 1.76. The van der Waals surface area contributed by atoms with Crippen molar-refractivity contribution in [1.82, 2.24) is 9.97 Å². The number of primary sulfonamides is 1. The van der Waals surface area contributed by atoms with Crippen LogP contribution in [0, 0.1) is 0 Å². The summed E-state index contributed by atoms with van der Waals surface area (Å²) in [5.41, 5.74) is 2.55. The molecule has 0 saturated carbocycles. The maximum atomic E-state index is 11.6. The lowest BCUT2D eigenvalue weighted by molar-refractivity contribution is 0.598. The molecule has 0 aliphatic heterocycles. The molecule has 0 amide bonds. The van der Waals surface area contributed by atoms with Crippen molar-refractivity contribution in [2.75, 3.05) is 5.32 Å². The molecular weight excluding hydrogens is 416 g/mol. The van der Waals surface area contributed by atoms with Crippen LogP contribution in [0.5, 0.6) is 0 Å². The van der Waals surface area contributed by atoms with Crippen molar-refractivity contribution >= 4 is 54.0 Å². The van der Waals surface area contributed by atoms with Gasteiger partial charge in [-0.05, 0) is 42.0 Å². The zero-order valence-electron chi connectivity index (χ0n) is 15.6. The van der Waals surface area contributed by atoms with Gasteiger partial charge < -0.3 is 5.32 Å². The Morgan fingerprint density at radius 2 is 1.77 bits per heavy atom. The second-order valence-electron chi connectivity index (χ2n) is 6.78. The van der Waals surface area contributed by atoms with Gasteiger partial charge in [0.25, 0.3) is 0 Å². The summed E-state index contributed by atoms with van der Waals surface area (Å²) < 4.78 is 24.3. The molecular formula is C22H16N4O2S2. The molecule has 0 spiro atoms. The van der Waals surface area contributed by atoms with Crippen molar-refractivity contribution in [3.8, 4) is 10.4 Å². The van der Waals surface area contributed by atoms with E-state index in [1.165, 1.54) is 22.6 Å². The first-order valence-electron chi connectivity index (χ1n) is 9.12. The van der Waals surface area contributed by atoms with Crippen LogP contribution in [0.25, 0.3) is 31.4 Å². The minimum atomic E-state index is -3.78. The molecule has 0 aliphatic carbocycles. The van der Waals surface area contributed by atoms with E-state index in [1.54, 1.807) is 29.7 Å². The van der Waals surface area contributed by atoms with Gasteiger partial charge in [0.2, 0.25) is 16.0 Å². The van der Waals surface area contributed by atoms with Crippen LogP contribution in [0.1, 0.15) is 0 Å². The molecule has 3 aromatic carbocycles. The Morgan fingerprint density at radius 3 is 2.57 bits per heavy atom. The Kier molecular flexibility index (Phi) is 4.47. The van der Waals surface area contributed by atoms with E-state index < -0.39 is 10.0 Å². The van der Waals surface area contributed by atoms with Crippen molar-refractivity contribution in [1.29, 1.82) is 0 Å². The van der Waals surface area contributed by atoms with Gasteiger partial charge in [-0.25, -0.2) is 23.5 Å². The fourth-order valence-corrected chi connectivity index (χ4v) is 4.92. The van der Waals surface area contributed by atoms with Crippen LogP contribution in [-0.2, 0) is 10.0 Å². The molecule has 0 aliphatic rings. The second-order valence-corrected chi connectivity index (χ2v) is 9.43. The van der Waals surface area contributed by atoms with E-state index in [4.69, 9.17) is 10.1 Å². The highest BCUT2D eigenvalue weighted by molar-refractivity contribution is 7.89. The number of fused-ring (bicyclic) bond motifs is 3. The molecule has 5 aromatic rings. The van der Waals surface area contributed by atoms with Crippen LogP contribution >= 0.6 is 11.3 Å². The Bertz CT molecular complexity index is 1500. The number of nitrogens with zero attached hydrogens (tertiary/aromatic N) is 2. The molecule has 148 valence electrons. The van der Waals surface area contributed by atoms with E-state index in [2.05, 4.69) is 34.6 Å². The molecule has 6 nitrogen and oxygen atoms in total.